The van der Waals surface area contributed by atoms with Crippen LogP contribution in [-0.2, 0) is 13.0 Å². The fourth-order valence-corrected chi connectivity index (χ4v) is 5.66. The fraction of sp³-hybridized carbons (Fsp3) is 0.267. The number of aromatic nitrogens is 2. The van der Waals surface area contributed by atoms with Crippen LogP contribution in [0.5, 0.6) is 5.75 Å². The maximum absolute atomic E-state index is 14.0. The summed E-state index contributed by atoms with van der Waals surface area (Å²) in [7, 11) is 0. The van der Waals surface area contributed by atoms with Gasteiger partial charge < -0.3 is 9.14 Å². The SMILES string of the molecule is C/C(C#N)=C1/c2ccc(Cc3c(C4CCCC4)nc4ccccn34)cc2COc2cc(F)ccc21. The van der Waals surface area contributed by atoms with Gasteiger partial charge in [0, 0.05) is 41.3 Å². The van der Waals surface area contributed by atoms with Gasteiger partial charge in [-0.25, -0.2) is 9.37 Å². The molecule has 2 aromatic carbocycles. The third-order valence-electron chi connectivity index (χ3n) is 7.35. The molecule has 174 valence electrons. The molecule has 0 unspecified atom stereocenters. The van der Waals surface area contributed by atoms with Crippen LogP contribution in [0.15, 0.2) is 66.4 Å². The second-order valence-electron chi connectivity index (χ2n) is 9.56. The topological polar surface area (TPSA) is 50.3 Å². The summed E-state index contributed by atoms with van der Waals surface area (Å²) < 4.78 is 22.2. The van der Waals surface area contributed by atoms with E-state index in [9.17, 15) is 9.65 Å². The number of imidazole rings is 1. The highest BCUT2D eigenvalue weighted by Gasteiger charge is 2.26. The van der Waals surface area contributed by atoms with Gasteiger partial charge in [-0.3, -0.25) is 0 Å². The van der Waals surface area contributed by atoms with Gasteiger partial charge in [0.1, 0.15) is 23.8 Å². The van der Waals surface area contributed by atoms with Crippen molar-refractivity contribution in [2.24, 2.45) is 0 Å². The third kappa shape index (κ3) is 3.80. The zero-order chi connectivity index (χ0) is 23.9. The standard InChI is InChI=1S/C30H26FN3O/c1-19(17-32)29-24-11-9-20(14-22(24)18-35-27-16-23(31)10-12-25(27)29)15-26-30(21-6-2-3-7-21)33-28-8-4-5-13-34(26)28/h4-5,8-14,16,21H,2-3,6-7,15,18H2,1H3/b29-19+. The zero-order valence-electron chi connectivity index (χ0n) is 19.7. The highest BCUT2D eigenvalue weighted by atomic mass is 19.1. The molecule has 0 saturated heterocycles. The number of halogens is 1. The zero-order valence-corrected chi connectivity index (χ0v) is 19.7. The molecule has 6 rings (SSSR count). The van der Waals surface area contributed by atoms with Gasteiger partial charge in [0.05, 0.1) is 17.5 Å². The Hall–Kier alpha value is -3.91. The summed E-state index contributed by atoms with van der Waals surface area (Å²) in [5.74, 6) is 0.639. The molecule has 0 spiro atoms. The van der Waals surface area contributed by atoms with Crippen LogP contribution in [0.1, 0.15) is 72.2 Å². The largest absolute Gasteiger partial charge is 0.488 e. The van der Waals surface area contributed by atoms with Crippen LogP contribution in [0.25, 0.3) is 11.2 Å². The summed E-state index contributed by atoms with van der Waals surface area (Å²) in [4.78, 5) is 5.03. The van der Waals surface area contributed by atoms with E-state index in [1.807, 2.05) is 6.07 Å². The predicted octanol–water partition coefficient (Wildman–Crippen LogP) is 6.96. The smallest absolute Gasteiger partial charge is 0.137 e. The number of fused-ring (bicyclic) bond motifs is 3. The molecular weight excluding hydrogens is 437 g/mol. The lowest BCUT2D eigenvalue weighted by Crippen LogP contribution is -2.04. The summed E-state index contributed by atoms with van der Waals surface area (Å²) in [5.41, 5.74) is 8.75. The van der Waals surface area contributed by atoms with Crippen LogP contribution in [0.4, 0.5) is 4.39 Å². The summed E-state index contributed by atoms with van der Waals surface area (Å²) >= 11 is 0. The summed E-state index contributed by atoms with van der Waals surface area (Å²) in [6.45, 7) is 2.13. The molecule has 4 nitrogen and oxygen atoms in total. The molecule has 2 aliphatic rings. The Balaban J connectivity index is 1.44. The number of nitriles is 1. The molecule has 3 heterocycles. The highest BCUT2D eigenvalue weighted by molar-refractivity contribution is 5.88. The van der Waals surface area contributed by atoms with Crippen LogP contribution in [0.3, 0.4) is 0 Å². The van der Waals surface area contributed by atoms with Crippen molar-refractivity contribution in [1.29, 1.82) is 5.26 Å². The quantitative estimate of drug-likeness (QED) is 0.309. The number of allylic oxidation sites excluding steroid dienone is 1. The minimum Gasteiger partial charge on any atom is -0.488 e. The maximum atomic E-state index is 14.0. The molecule has 35 heavy (non-hydrogen) atoms. The highest BCUT2D eigenvalue weighted by Crippen LogP contribution is 2.40. The fourth-order valence-electron chi connectivity index (χ4n) is 5.66. The molecule has 0 bridgehead atoms. The maximum Gasteiger partial charge on any atom is 0.137 e. The lowest BCUT2D eigenvalue weighted by Gasteiger charge is -2.14. The minimum absolute atomic E-state index is 0.324. The number of pyridine rings is 1. The lowest BCUT2D eigenvalue weighted by molar-refractivity contribution is 0.305. The summed E-state index contributed by atoms with van der Waals surface area (Å²) in [6, 6.07) is 19.4. The average Bonchev–Trinajstić information content (AvgIpc) is 3.49. The number of nitrogens with zero attached hydrogens (tertiary/aromatic N) is 3. The first kappa shape index (κ1) is 21.6. The number of hydrogen-bond acceptors (Lipinski definition) is 3. The summed E-state index contributed by atoms with van der Waals surface area (Å²) in [6.07, 6.45) is 7.80. The monoisotopic (exact) mass is 463 g/mol. The Kier molecular flexibility index (Phi) is 5.37. The van der Waals surface area contributed by atoms with Crippen molar-refractivity contribution < 1.29 is 9.13 Å². The van der Waals surface area contributed by atoms with Crippen molar-refractivity contribution in [1.82, 2.24) is 9.38 Å². The number of benzene rings is 2. The Morgan fingerprint density at radius 3 is 2.77 bits per heavy atom. The Morgan fingerprint density at radius 1 is 1.11 bits per heavy atom. The van der Waals surface area contributed by atoms with Gasteiger partial charge in [-0.05, 0) is 60.7 Å². The van der Waals surface area contributed by atoms with Gasteiger partial charge in [-0.15, -0.1) is 0 Å². The Labute approximate surface area is 204 Å². The van der Waals surface area contributed by atoms with Crippen molar-refractivity contribution in [2.75, 3.05) is 0 Å². The van der Waals surface area contributed by atoms with Crippen molar-refractivity contribution in [3.8, 4) is 11.8 Å². The first-order valence-corrected chi connectivity index (χ1v) is 12.2. The molecule has 0 amide bonds. The van der Waals surface area contributed by atoms with Gasteiger partial charge in [-0.1, -0.05) is 37.1 Å². The van der Waals surface area contributed by atoms with E-state index in [0.717, 1.165) is 34.3 Å². The van der Waals surface area contributed by atoms with Gasteiger partial charge in [0.2, 0.25) is 0 Å². The van der Waals surface area contributed by atoms with Gasteiger partial charge in [0.15, 0.2) is 0 Å². The summed E-state index contributed by atoms with van der Waals surface area (Å²) in [5, 5.41) is 9.71. The van der Waals surface area contributed by atoms with E-state index in [0.29, 0.717) is 23.8 Å². The lowest BCUT2D eigenvalue weighted by atomic mass is 9.89. The van der Waals surface area contributed by atoms with E-state index in [4.69, 9.17) is 9.72 Å². The molecule has 2 aromatic heterocycles. The average molecular weight is 464 g/mol. The first-order valence-electron chi connectivity index (χ1n) is 12.2. The van der Waals surface area contributed by atoms with E-state index in [1.165, 1.54) is 54.8 Å². The number of ether oxygens (including phenoxy) is 1. The van der Waals surface area contributed by atoms with E-state index in [-0.39, 0.29) is 5.82 Å². The number of hydrogen-bond donors (Lipinski definition) is 0. The van der Waals surface area contributed by atoms with E-state index in [1.54, 1.807) is 13.0 Å². The third-order valence-corrected chi connectivity index (χ3v) is 7.35. The van der Waals surface area contributed by atoms with Crippen LogP contribution < -0.4 is 4.74 Å². The predicted molar refractivity (Wildman–Crippen MR) is 134 cm³/mol. The van der Waals surface area contributed by atoms with E-state index < -0.39 is 0 Å². The molecule has 5 heteroatoms. The van der Waals surface area contributed by atoms with Gasteiger partial charge in [0.25, 0.3) is 0 Å². The van der Waals surface area contributed by atoms with Crippen LogP contribution in [0.2, 0.25) is 0 Å². The van der Waals surface area contributed by atoms with Crippen molar-refractivity contribution >= 4 is 11.2 Å². The van der Waals surface area contributed by atoms with Gasteiger partial charge in [-0.2, -0.15) is 5.26 Å². The molecule has 1 aliphatic heterocycles. The van der Waals surface area contributed by atoms with Crippen molar-refractivity contribution in [3.63, 3.8) is 0 Å². The molecule has 0 atom stereocenters. The Morgan fingerprint density at radius 2 is 1.94 bits per heavy atom. The second-order valence-corrected chi connectivity index (χ2v) is 9.56. The number of rotatable bonds is 3. The minimum atomic E-state index is -0.351. The first-order chi connectivity index (χ1) is 17.1. The normalized spacial score (nSPS) is 16.8. The van der Waals surface area contributed by atoms with Crippen LogP contribution in [-0.4, -0.2) is 9.38 Å². The molecular formula is C30H26FN3O. The molecule has 1 aliphatic carbocycles. The second kappa shape index (κ2) is 8.70. The van der Waals surface area contributed by atoms with Crippen molar-refractivity contribution in [3.05, 3.63) is 106 Å². The molecule has 1 saturated carbocycles. The molecule has 1 fully saturated rings. The molecule has 4 aromatic rings. The van der Waals surface area contributed by atoms with E-state index >= 15 is 0 Å². The Bertz CT molecular complexity index is 1520. The van der Waals surface area contributed by atoms with E-state index in [2.05, 4.69) is 47.0 Å². The van der Waals surface area contributed by atoms with Crippen LogP contribution in [0, 0.1) is 17.1 Å². The van der Waals surface area contributed by atoms with Crippen LogP contribution >= 0.6 is 0 Å². The van der Waals surface area contributed by atoms with Gasteiger partial charge >= 0.3 is 0 Å². The van der Waals surface area contributed by atoms with Crippen molar-refractivity contribution in [2.45, 2.75) is 51.6 Å². The molecule has 0 radical (unpaired) electrons. The molecule has 0 N–H and O–H groups in total.